The molecule has 0 radical (unpaired) electrons. The number of benzene rings is 2. The fourth-order valence-electron chi connectivity index (χ4n) is 2.36. The third-order valence-corrected chi connectivity index (χ3v) is 3.59. The van der Waals surface area contributed by atoms with Crippen LogP contribution in [0, 0.1) is 5.82 Å². The maximum Gasteiger partial charge on any atom is 0.437 e. The van der Waals surface area contributed by atoms with Crippen LogP contribution in [0.1, 0.15) is 5.89 Å². The summed E-state index contributed by atoms with van der Waals surface area (Å²) in [5, 5.41) is 4.10. The summed E-state index contributed by atoms with van der Waals surface area (Å²) in [6, 6.07) is 15.0. The smallest absolute Gasteiger partial charge is 0.437 e. The van der Waals surface area contributed by atoms with Crippen LogP contribution in [0.4, 0.5) is 4.39 Å². The number of hydrogen-bond acceptors (Lipinski definition) is 5. The molecule has 7 heteroatoms. The van der Waals surface area contributed by atoms with Gasteiger partial charge in [0.15, 0.2) is 5.76 Å². The van der Waals surface area contributed by atoms with E-state index in [9.17, 15) is 9.18 Å². The minimum Gasteiger partial charge on any atom is -0.439 e. The van der Waals surface area contributed by atoms with Crippen LogP contribution in [-0.4, -0.2) is 14.8 Å². The zero-order chi connectivity index (χ0) is 17.2. The van der Waals surface area contributed by atoms with Gasteiger partial charge in [-0.2, -0.15) is 4.68 Å². The van der Waals surface area contributed by atoms with Crippen molar-refractivity contribution in [1.82, 2.24) is 14.8 Å². The molecule has 0 saturated carbocycles. The fourth-order valence-corrected chi connectivity index (χ4v) is 2.36. The van der Waals surface area contributed by atoms with E-state index in [1.165, 1.54) is 24.3 Å². The Morgan fingerprint density at radius 2 is 1.72 bits per heavy atom. The lowest BCUT2D eigenvalue weighted by molar-refractivity contribution is 0.444. The standard InChI is InChI=1S/C18H12FN3O3/c19-14-8-6-13(7-9-14)17-21-22(18(23)25-17)11-16-20-10-15(24-16)12-4-2-1-3-5-12/h1-10H,11H2. The van der Waals surface area contributed by atoms with Crippen LogP contribution in [-0.2, 0) is 6.54 Å². The van der Waals surface area contributed by atoms with Crippen molar-refractivity contribution in [3.8, 4) is 22.8 Å². The van der Waals surface area contributed by atoms with E-state index >= 15 is 0 Å². The quantitative estimate of drug-likeness (QED) is 0.571. The van der Waals surface area contributed by atoms with E-state index in [1.54, 1.807) is 6.20 Å². The van der Waals surface area contributed by atoms with Crippen molar-refractivity contribution in [2.45, 2.75) is 6.54 Å². The molecule has 0 saturated heterocycles. The van der Waals surface area contributed by atoms with Crippen molar-refractivity contribution in [2.24, 2.45) is 0 Å². The van der Waals surface area contributed by atoms with Crippen LogP contribution in [0.3, 0.4) is 0 Å². The minimum absolute atomic E-state index is 0.0381. The van der Waals surface area contributed by atoms with Crippen molar-refractivity contribution < 1.29 is 13.2 Å². The van der Waals surface area contributed by atoms with Crippen molar-refractivity contribution in [1.29, 1.82) is 0 Å². The van der Waals surface area contributed by atoms with E-state index in [2.05, 4.69) is 10.1 Å². The highest BCUT2D eigenvalue weighted by atomic mass is 19.1. The van der Waals surface area contributed by atoms with Gasteiger partial charge in [-0.05, 0) is 24.3 Å². The molecule has 6 nitrogen and oxygen atoms in total. The number of hydrogen-bond donors (Lipinski definition) is 0. The lowest BCUT2D eigenvalue weighted by Gasteiger charge is -1.96. The molecule has 0 bridgehead atoms. The predicted octanol–water partition coefficient (Wildman–Crippen LogP) is 3.35. The molecule has 0 fully saturated rings. The molecule has 0 amide bonds. The van der Waals surface area contributed by atoms with Crippen molar-refractivity contribution in [3.63, 3.8) is 0 Å². The molecule has 0 aliphatic rings. The molecule has 0 N–H and O–H groups in total. The van der Waals surface area contributed by atoms with Gasteiger partial charge in [-0.1, -0.05) is 30.3 Å². The first-order valence-corrected chi connectivity index (χ1v) is 7.53. The van der Waals surface area contributed by atoms with E-state index in [-0.39, 0.29) is 18.3 Å². The van der Waals surface area contributed by atoms with Gasteiger partial charge in [-0.25, -0.2) is 14.2 Å². The second-order valence-electron chi connectivity index (χ2n) is 5.32. The summed E-state index contributed by atoms with van der Waals surface area (Å²) in [6.45, 7) is 0.0381. The van der Waals surface area contributed by atoms with Gasteiger partial charge >= 0.3 is 5.76 Å². The Morgan fingerprint density at radius 3 is 2.48 bits per heavy atom. The Morgan fingerprint density at radius 1 is 0.960 bits per heavy atom. The SMILES string of the molecule is O=c1oc(-c2ccc(F)cc2)nn1Cc1ncc(-c2ccccc2)o1. The van der Waals surface area contributed by atoms with Gasteiger partial charge < -0.3 is 8.83 Å². The van der Waals surface area contributed by atoms with E-state index < -0.39 is 5.76 Å². The van der Waals surface area contributed by atoms with E-state index in [1.807, 2.05) is 30.3 Å². The number of nitrogens with zero attached hydrogens (tertiary/aromatic N) is 3. The first-order chi connectivity index (χ1) is 12.2. The Labute approximate surface area is 141 Å². The summed E-state index contributed by atoms with van der Waals surface area (Å²) in [4.78, 5) is 16.1. The fraction of sp³-hybridized carbons (Fsp3) is 0.0556. The van der Waals surface area contributed by atoms with E-state index in [0.717, 1.165) is 10.2 Å². The van der Waals surface area contributed by atoms with Gasteiger partial charge in [-0.15, -0.1) is 5.10 Å². The second kappa shape index (κ2) is 6.20. The zero-order valence-electron chi connectivity index (χ0n) is 12.9. The Kier molecular flexibility index (Phi) is 3.74. The number of oxazole rings is 1. The molecule has 4 aromatic rings. The van der Waals surface area contributed by atoms with Crippen molar-refractivity contribution >= 4 is 0 Å². The van der Waals surface area contributed by atoms with Gasteiger partial charge in [0.05, 0.1) is 6.20 Å². The molecule has 2 aromatic carbocycles. The average molecular weight is 337 g/mol. The first-order valence-electron chi connectivity index (χ1n) is 7.53. The lowest BCUT2D eigenvalue weighted by Crippen LogP contribution is -2.16. The molecule has 0 aliphatic heterocycles. The van der Waals surface area contributed by atoms with Crippen LogP contribution >= 0.6 is 0 Å². The monoisotopic (exact) mass is 337 g/mol. The topological polar surface area (TPSA) is 74.1 Å². The Hall–Kier alpha value is -3.48. The highest BCUT2D eigenvalue weighted by Gasteiger charge is 2.13. The summed E-state index contributed by atoms with van der Waals surface area (Å²) < 4.78 is 24.9. The molecule has 4 rings (SSSR count). The maximum absolute atomic E-state index is 13.0. The lowest BCUT2D eigenvalue weighted by atomic mass is 10.2. The summed E-state index contributed by atoms with van der Waals surface area (Å²) in [5.74, 6) is 0.0307. The Balaban J connectivity index is 1.59. The summed E-state index contributed by atoms with van der Waals surface area (Å²) in [7, 11) is 0. The van der Waals surface area contributed by atoms with Gasteiger partial charge in [-0.3, -0.25) is 0 Å². The number of halogens is 1. The third-order valence-electron chi connectivity index (χ3n) is 3.59. The van der Waals surface area contributed by atoms with Crippen LogP contribution in [0.15, 0.2) is 74.4 Å². The molecular weight excluding hydrogens is 325 g/mol. The van der Waals surface area contributed by atoms with Crippen molar-refractivity contribution in [3.05, 3.63) is 83.1 Å². The van der Waals surface area contributed by atoms with Crippen LogP contribution < -0.4 is 5.76 Å². The average Bonchev–Trinajstić information content (AvgIpc) is 3.24. The van der Waals surface area contributed by atoms with Gasteiger partial charge in [0, 0.05) is 11.1 Å². The van der Waals surface area contributed by atoms with Gasteiger partial charge in [0.2, 0.25) is 11.8 Å². The molecule has 2 aromatic heterocycles. The van der Waals surface area contributed by atoms with E-state index in [0.29, 0.717) is 17.2 Å². The van der Waals surface area contributed by atoms with Crippen LogP contribution in [0.5, 0.6) is 0 Å². The highest BCUT2D eigenvalue weighted by Crippen LogP contribution is 2.20. The second-order valence-corrected chi connectivity index (χ2v) is 5.32. The largest absolute Gasteiger partial charge is 0.439 e. The molecule has 0 spiro atoms. The maximum atomic E-state index is 13.0. The zero-order valence-corrected chi connectivity index (χ0v) is 12.9. The van der Waals surface area contributed by atoms with Crippen molar-refractivity contribution in [2.75, 3.05) is 0 Å². The summed E-state index contributed by atoms with van der Waals surface area (Å²) in [5.41, 5.74) is 1.40. The van der Waals surface area contributed by atoms with Crippen LogP contribution in [0.25, 0.3) is 22.8 Å². The van der Waals surface area contributed by atoms with Crippen LogP contribution in [0.2, 0.25) is 0 Å². The van der Waals surface area contributed by atoms with Gasteiger partial charge in [0.1, 0.15) is 12.4 Å². The Bertz CT molecular complexity index is 1050. The predicted molar refractivity (Wildman–Crippen MR) is 87.2 cm³/mol. The number of rotatable bonds is 4. The molecule has 0 aliphatic carbocycles. The minimum atomic E-state index is -0.640. The van der Waals surface area contributed by atoms with Gasteiger partial charge in [0.25, 0.3) is 0 Å². The molecular formula is C18H12FN3O3. The molecule has 2 heterocycles. The number of aromatic nitrogens is 3. The van der Waals surface area contributed by atoms with E-state index in [4.69, 9.17) is 8.83 Å². The summed E-state index contributed by atoms with van der Waals surface area (Å²) in [6.07, 6.45) is 1.59. The molecule has 0 atom stereocenters. The summed E-state index contributed by atoms with van der Waals surface area (Å²) >= 11 is 0. The molecule has 25 heavy (non-hydrogen) atoms. The first kappa shape index (κ1) is 15.1. The molecule has 124 valence electrons. The highest BCUT2D eigenvalue weighted by molar-refractivity contribution is 5.55. The normalized spacial score (nSPS) is 10.9. The molecule has 0 unspecified atom stereocenters. The third kappa shape index (κ3) is 3.12.